The van der Waals surface area contributed by atoms with Gasteiger partial charge in [0.05, 0.1) is 23.8 Å². The summed E-state index contributed by atoms with van der Waals surface area (Å²) in [5.41, 5.74) is 0.863. The summed E-state index contributed by atoms with van der Waals surface area (Å²) in [7, 11) is -2.93. The van der Waals surface area contributed by atoms with Gasteiger partial charge in [0, 0.05) is 37.1 Å². The van der Waals surface area contributed by atoms with Gasteiger partial charge in [-0.05, 0) is 18.2 Å². The molecule has 13 nitrogen and oxygen atoms in total. The van der Waals surface area contributed by atoms with Crippen molar-refractivity contribution in [3.63, 3.8) is 0 Å². The number of halogens is 1. The van der Waals surface area contributed by atoms with Gasteiger partial charge >= 0.3 is 10.3 Å². The maximum Gasteiger partial charge on any atom is 0.335 e. The molecule has 0 spiro atoms. The summed E-state index contributed by atoms with van der Waals surface area (Å²) in [6.07, 6.45) is 1.57. The number of hydrogen-bond acceptors (Lipinski definition) is 11. The van der Waals surface area contributed by atoms with Crippen molar-refractivity contribution in [1.82, 2.24) is 29.5 Å². The molecule has 0 saturated heterocycles. The predicted octanol–water partition coefficient (Wildman–Crippen LogP) is -0.244. The quantitative estimate of drug-likeness (QED) is 0.271. The van der Waals surface area contributed by atoms with Crippen molar-refractivity contribution in [1.29, 1.82) is 0 Å². The van der Waals surface area contributed by atoms with Crippen LogP contribution in [0.3, 0.4) is 0 Å². The van der Waals surface area contributed by atoms with Crippen LogP contribution >= 0.6 is 11.6 Å². The lowest BCUT2D eigenvalue weighted by molar-refractivity contribution is -0.00882. The van der Waals surface area contributed by atoms with Gasteiger partial charge in [-0.1, -0.05) is 11.6 Å². The number of aromatic nitrogens is 5. The number of nitrogens with one attached hydrogen (secondary N) is 2. The molecule has 0 unspecified atom stereocenters. The monoisotopic (exact) mass is 523 g/mol. The molecule has 3 aromatic rings. The molecule has 35 heavy (non-hydrogen) atoms. The van der Waals surface area contributed by atoms with Crippen molar-refractivity contribution in [2.45, 2.75) is 37.3 Å². The Morgan fingerprint density at radius 3 is 2.83 bits per heavy atom. The number of aliphatic hydroxyl groups excluding tert-OH is 2. The molecule has 0 amide bonds. The third-order valence-electron chi connectivity index (χ3n) is 5.38. The summed E-state index contributed by atoms with van der Waals surface area (Å²) >= 11 is 5.98. The van der Waals surface area contributed by atoms with E-state index in [0.29, 0.717) is 17.3 Å². The van der Waals surface area contributed by atoms with Gasteiger partial charge in [0.15, 0.2) is 0 Å². The van der Waals surface area contributed by atoms with Gasteiger partial charge in [0.2, 0.25) is 5.78 Å². The van der Waals surface area contributed by atoms with E-state index in [1.165, 1.54) is 23.3 Å². The summed E-state index contributed by atoms with van der Waals surface area (Å²) < 4.78 is 31.8. The van der Waals surface area contributed by atoms with Crippen molar-refractivity contribution in [2.24, 2.45) is 0 Å². The van der Waals surface area contributed by atoms with Crippen molar-refractivity contribution in [3.8, 4) is 0 Å². The van der Waals surface area contributed by atoms with Crippen LogP contribution in [0.15, 0.2) is 43.1 Å². The first-order valence-electron chi connectivity index (χ1n) is 10.4. The van der Waals surface area contributed by atoms with E-state index in [9.17, 15) is 23.4 Å². The fourth-order valence-corrected chi connectivity index (χ4v) is 4.43. The fourth-order valence-electron chi connectivity index (χ4n) is 3.63. The second-order valence-corrected chi connectivity index (χ2v) is 9.68. The first-order valence-corrected chi connectivity index (χ1v) is 12.2. The second kappa shape index (κ2) is 10.3. The lowest BCUT2D eigenvalue weighted by atomic mass is 10.1. The SMILES string of the molecule is CNS(=O)(=O)O[C@@H]1C[C@@H](Nc2ncncc2C(=O)c2ccn(Cc3cc(Cl)ccn3)n2)[C@H](O)[C@H]1O. The van der Waals surface area contributed by atoms with Crippen molar-refractivity contribution in [3.05, 3.63) is 65.1 Å². The first kappa shape index (κ1) is 25.1. The Morgan fingerprint density at radius 1 is 1.29 bits per heavy atom. The van der Waals surface area contributed by atoms with E-state index in [4.69, 9.17) is 15.8 Å². The van der Waals surface area contributed by atoms with Gasteiger partial charge < -0.3 is 15.5 Å². The smallest absolute Gasteiger partial charge is 0.335 e. The minimum absolute atomic E-state index is 0.0673. The highest BCUT2D eigenvalue weighted by Crippen LogP contribution is 2.28. The van der Waals surface area contributed by atoms with E-state index in [1.54, 1.807) is 24.5 Å². The van der Waals surface area contributed by atoms with Crippen molar-refractivity contribution >= 4 is 33.5 Å². The number of aliphatic hydroxyl groups is 2. The van der Waals surface area contributed by atoms with Crippen LogP contribution in [0.1, 0.15) is 28.2 Å². The Bertz CT molecular complexity index is 1320. The molecule has 4 atom stereocenters. The molecule has 0 aromatic carbocycles. The summed E-state index contributed by atoms with van der Waals surface area (Å²) in [4.78, 5) is 25.3. The molecule has 0 bridgehead atoms. The van der Waals surface area contributed by atoms with Gasteiger partial charge in [0.25, 0.3) is 0 Å². The Balaban J connectivity index is 1.50. The molecular formula is C20H22ClN7O6S. The Morgan fingerprint density at radius 2 is 2.09 bits per heavy atom. The zero-order valence-electron chi connectivity index (χ0n) is 18.3. The number of anilines is 1. The molecule has 1 aliphatic rings. The second-order valence-electron chi connectivity index (χ2n) is 7.74. The molecule has 1 saturated carbocycles. The minimum atomic E-state index is -4.09. The number of carbonyl (C=O) groups is 1. The van der Waals surface area contributed by atoms with Crippen LogP contribution in [0.2, 0.25) is 5.02 Å². The molecule has 3 aromatic heterocycles. The predicted molar refractivity (Wildman–Crippen MR) is 123 cm³/mol. The first-order chi connectivity index (χ1) is 16.7. The molecular weight excluding hydrogens is 502 g/mol. The van der Waals surface area contributed by atoms with Crippen LogP contribution in [-0.4, -0.2) is 80.5 Å². The molecule has 1 fully saturated rings. The molecule has 0 aliphatic heterocycles. The minimum Gasteiger partial charge on any atom is -0.388 e. The fraction of sp³-hybridized carbons (Fsp3) is 0.350. The normalized spacial score (nSPS) is 22.3. The number of carbonyl (C=O) groups excluding carboxylic acids is 1. The Hall–Kier alpha value is -3.01. The topological polar surface area (TPSA) is 181 Å². The van der Waals surface area contributed by atoms with E-state index >= 15 is 0 Å². The highest BCUT2D eigenvalue weighted by molar-refractivity contribution is 7.84. The van der Waals surface area contributed by atoms with Crippen LogP contribution in [0.5, 0.6) is 0 Å². The van der Waals surface area contributed by atoms with Gasteiger partial charge in [0.1, 0.15) is 36.2 Å². The average Bonchev–Trinajstić information content (AvgIpc) is 3.39. The number of hydrogen-bond donors (Lipinski definition) is 4. The molecule has 1 aliphatic carbocycles. The van der Waals surface area contributed by atoms with Gasteiger partial charge in [-0.25, -0.2) is 9.97 Å². The van der Waals surface area contributed by atoms with E-state index in [-0.39, 0.29) is 23.5 Å². The van der Waals surface area contributed by atoms with Crippen LogP contribution in [-0.2, 0) is 21.0 Å². The lowest BCUT2D eigenvalue weighted by Gasteiger charge is -2.19. The largest absolute Gasteiger partial charge is 0.388 e. The molecule has 15 heteroatoms. The third kappa shape index (κ3) is 5.80. The third-order valence-corrected chi connectivity index (χ3v) is 6.62. The summed E-state index contributed by atoms with van der Waals surface area (Å²) in [5.74, 6) is -0.395. The lowest BCUT2D eigenvalue weighted by Crippen LogP contribution is -2.38. The highest BCUT2D eigenvalue weighted by atomic mass is 35.5. The summed E-state index contributed by atoms with van der Waals surface area (Å²) in [6, 6.07) is 4.03. The van der Waals surface area contributed by atoms with Crippen LogP contribution in [0, 0.1) is 0 Å². The van der Waals surface area contributed by atoms with E-state index in [2.05, 4.69) is 25.4 Å². The zero-order chi connectivity index (χ0) is 25.2. The molecule has 4 rings (SSSR count). The molecule has 4 N–H and O–H groups in total. The van der Waals surface area contributed by atoms with Gasteiger partial charge in [-0.15, -0.1) is 0 Å². The van der Waals surface area contributed by atoms with Gasteiger partial charge in [-0.3, -0.25) is 18.6 Å². The highest BCUT2D eigenvalue weighted by Gasteiger charge is 2.44. The number of ketones is 1. The summed E-state index contributed by atoms with van der Waals surface area (Å²) in [5, 5.41) is 28.3. The van der Waals surface area contributed by atoms with Crippen molar-refractivity contribution < 1.29 is 27.6 Å². The van der Waals surface area contributed by atoms with Crippen LogP contribution in [0.25, 0.3) is 0 Å². The number of rotatable bonds is 9. The Kier molecular flexibility index (Phi) is 7.39. The standard InChI is InChI=1S/C20H22ClN7O6S/c1-22-35(32,33)34-16-7-15(18(30)19(16)31)26-20-13(8-23-10-25-20)17(29)14-3-5-28(27-14)9-12-6-11(21)2-4-24-12/h2-6,8,10,15-16,18-19,22,30-31H,7,9H2,1H3,(H,23,25,26)/t15-,16-,18+,19+/m1/s1. The summed E-state index contributed by atoms with van der Waals surface area (Å²) in [6.45, 7) is 0.299. The molecule has 0 radical (unpaired) electrons. The molecule has 186 valence electrons. The van der Waals surface area contributed by atoms with E-state index in [0.717, 1.165) is 7.05 Å². The van der Waals surface area contributed by atoms with Crippen LogP contribution in [0.4, 0.5) is 5.82 Å². The Labute approximate surface area is 205 Å². The number of nitrogens with zero attached hydrogens (tertiary/aromatic N) is 5. The maximum atomic E-state index is 13.1. The van der Waals surface area contributed by atoms with Crippen molar-refractivity contribution in [2.75, 3.05) is 12.4 Å². The van der Waals surface area contributed by atoms with Gasteiger partial charge in [-0.2, -0.15) is 18.2 Å². The number of pyridine rings is 1. The van der Waals surface area contributed by atoms with E-state index in [1.807, 2.05) is 4.72 Å². The average molecular weight is 524 g/mol. The zero-order valence-corrected chi connectivity index (χ0v) is 19.9. The molecule has 3 heterocycles. The maximum absolute atomic E-state index is 13.1. The van der Waals surface area contributed by atoms with Crippen LogP contribution < -0.4 is 10.0 Å². The van der Waals surface area contributed by atoms with E-state index < -0.39 is 40.4 Å².